The first kappa shape index (κ1) is 17.5. The highest BCUT2D eigenvalue weighted by Crippen LogP contribution is 2.17. The first-order valence-corrected chi connectivity index (χ1v) is 7.70. The van der Waals surface area contributed by atoms with Gasteiger partial charge in [-0.05, 0) is 36.4 Å². The molecule has 2 aromatic rings. The van der Waals surface area contributed by atoms with Gasteiger partial charge < -0.3 is 14.8 Å². The van der Waals surface area contributed by atoms with Crippen molar-refractivity contribution in [2.24, 2.45) is 0 Å². The molecular formula is C17H13BrN2O4. The van der Waals surface area contributed by atoms with Crippen molar-refractivity contribution in [2.45, 2.75) is 0 Å². The number of anilines is 1. The Labute approximate surface area is 147 Å². The summed E-state index contributed by atoms with van der Waals surface area (Å²) in [5.74, 6) is -0.643. The van der Waals surface area contributed by atoms with E-state index in [9.17, 15) is 9.59 Å². The summed E-state index contributed by atoms with van der Waals surface area (Å²) in [5, 5.41) is 11.3. The molecule has 0 radical (unpaired) electrons. The third-order valence-electron chi connectivity index (χ3n) is 2.79. The highest BCUT2D eigenvalue weighted by molar-refractivity contribution is 9.10. The van der Waals surface area contributed by atoms with Crippen molar-refractivity contribution in [1.29, 1.82) is 5.26 Å². The molecule has 0 aliphatic rings. The second-order valence-electron chi connectivity index (χ2n) is 4.65. The molecular weight excluding hydrogens is 376 g/mol. The largest absolute Gasteiger partial charge is 0.482 e. The number of hydrogen-bond acceptors (Lipinski definition) is 5. The first-order chi connectivity index (χ1) is 11.6. The molecule has 0 atom stereocenters. The average molecular weight is 389 g/mol. The third-order valence-corrected chi connectivity index (χ3v) is 3.29. The van der Waals surface area contributed by atoms with Gasteiger partial charge in [0, 0.05) is 10.2 Å². The smallest absolute Gasteiger partial charge is 0.344 e. The Morgan fingerprint density at radius 1 is 1.12 bits per heavy atom. The lowest BCUT2D eigenvalue weighted by atomic mass is 10.2. The Morgan fingerprint density at radius 3 is 2.67 bits per heavy atom. The summed E-state index contributed by atoms with van der Waals surface area (Å²) < 4.78 is 10.9. The Balaban J connectivity index is 1.75. The molecule has 0 aromatic heterocycles. The average Bonchev–Trinajstić information content (AvgIpc) is 2.58. The lowest BCUT2D eigenvalue weighted by Crippen LogP contribution is -2.23. The second kappa shape index (κ2) is 8.70. The van der Waals surface area contributed by atoms with Crippen LogP contribution in [0.2, 0.25) is 0 Å². The molecule has 122 valence electrons. The third kappa shape index (κ3) is 5.74. The Kier molecular flexibility index (Phi) is 6.34. The molecule has 0 saturated heterocycles. The van der Waals surface area contributed by atoms with Gasteiger partial charge in [0.15, 0.2) is 13.2 Å². The predicted molar refractivity (Wildman–Crippen MR) is 90.4 cm³/mol. The fourth-order valence-corrected chi connectivity index (χ4v) is 2.13. The zero-order valence-corrected chi connectivity index (χ0v) is 14.1. The number of carbonyl (C=O) groups is 2. The lowest BCUT2D eigenvalue weighted by molar-refractivity contribution is -0.149. The number of esters is 1. The molecule has 6 nitrogen and oxygen atoms in total. The summed E-state index contributed by atoms with van der Waals surface area (Å²) in [4.78, 5) is 23.3. The Bertz CT molecular complexity index is 786. The van der Waals surface area contributed by atoms with E-state index in [1.54, 1.807) is 36.4 Å². The number of benzene rings is 2. The number of nitrogens with zero attached hydrogens (tertiary/aromatic N) is 1. The van der Waals surface area contributed by atoms with Crippen LogP contribution < -0.4 is 10.1 Å². The highest BCUT2D eigenvalue weighted by atomic mass is 79.9. The number of carbonyl (C=O) groups excluding carboxylic acids is 2. The topological polar surface area (TPSA) is 88.4 Å². The molecule has 1 N–H and O–H groups in total. The predicted octanol–water partition coefficient (Wildman–Crippen LogP) is 2.88. The summed E-state index contributed by atoms with van der Waals surface area (Å²) in [7, 11) is 0. The van der Waals surface area contributed by atoms with E-state index in [-0.39, 0.29) is 6.61 Å². The minimum atomic E-state index is -0.657. The summed E-state index contributed by atoms with van der Waals surface area (Å²) in [5.41, 5.74) is 0.882. The molecule has 2 aromatic carbocycles. The van der Waals surface area contributed by atoms with Crippen LogP contribution in [0, 0.1) is 11.3 Å². The standard InChI is InChI=1S/C17H13BrN2O4/c18-13-4-2-6-15(8-13)23-11-17(22)24-10-16(21)20-14-5-1-3-12(7-14)9-19/h1-8H,10-11H2,(H,20,21). The van der Waals surface area contributed by atoms with E-state index in [1.807, 2.05) is 12.1 Å². The van der Waals surface area contributed by atoms with Gasteiger partial charge in [0.05, 0.1) is 11.6 Å². The van der Waals surface area contributed by atoms with Gasteiger partial charge in [0.25, 0.3) is 5.91 Å². The van der Waals surface area contributed by atoms with Gasteiger partial charge in [0.1, 0.15) is 5.75 Å². The molecule has 0 unspecified atom stereocenters. The first-order valence-electron chi connectivity index (χ1n) is 6.91. The maximum absolute atomic E-state index is 11.7. The fraction of sp³-hybridized carbons (Fsp3) is 0.118. The van der Waals surface area contributed by atoms with Crippen LogP contribution in [0.15, 0.2) is 53.0 Å². The zero-order valence-electron chi connectivity index (χ0n) is 12.5. The van der Waals surface area contributed by atoms with Crippen molar-refractivity contribution in [3.05, 3.63) is 58.6 Å². The maximum atomic E-state index is 11.7. The number of ether oxygens (including phenoxy) is 2. The number of amides is 1. The van der Waals surface area contributed by atoms with E-state index >= 15 is 0 Å². The summed E-state index contributed by atoms with van der Waals surface area (Å²) in [6, 6.07) is 15.4. The van der Waals surface area contributed by atoms with Crippen molar-refractivity contribution in [3.8, 4) is 11.8 Å². The summed E-state index contributed by atoms with van der Waals surface area (Å²) in [6.07, 6.45) is 0. The van der Waals surface area contributed by atoms with Crippen LogP contribution in [0.25, 0.3) is 0 Å². The van der Waals surface area contributed by atoms with Gasteiger partial charge in [-0.3, -0.25) is 4.79 Å². The van der Waals surface area contributed by atoms with Gasteiger partial charge >= 0.3 is 5.97 Å². The van der Waals surface area contributed by atoms with Crippen LogP contribution in [-0.4, -0.2) is 25.1 Å². The molecule has 2 rings (SSSR count). The van der Waals surface area contributed by atoms with Gasteiger partial charge in [-0.25, -0.2) is 4.79 Å². The second-order valence-corrected chi connectivity index (χ2v) is 5.56. The van der Waals surface area contributed by atoms with E-state index in [1.165, 1.54) is 6.07 Å². The number of hydrogen-bond donors (Lipinski definition) is 1. The van der Waals surface area contributed by atoms with Crippen LogP contribution >= 0.6 is 15.9 Å². The molecule has 24 heavy (non-hydrogen) atoms. The van der Waals surface area contributed by atoms with E-state index in [0.29, 0.717) is 17.0 Å². The van der Waals surface area contributed by atoms with Gasteiger partial charge in [-0.2, -0.15) is 5.26 Å². The fourth-order valence-electron chi connectivity index (χ4n) is 1.75. The number of nitriles is 1. The highest BCUT2D eigenvalue weighted by Gasteiger charge is 2.09. The lowest BCUT2D eigenvalue weighted by Gasteiger charge is -2.08. The minimum Gasteiger partial charge on any atom is -0.482 e. The number of halogens is 1. The van der Waals surface area contributed by atoms with Crippen LogP contribution in [0.5, 0.6) is 5.75 Å². The maximum Gasteiger partial charge on any atom is 0.344 e. The molecule has 0 spiro atoms. The molecule has 7 heteroatoms. The van der Waals surface area contributed by atoms with Crippen molar-refractivity contribution >= 4 is 33.5 Å². The van der Waals surface area contributed by atoms with Crippen LogP contribution in [-0.2, 0) is 14.3 Å². The molecule has 0 heterocycles. The SMILES string of the molecule is N#Cc1cccc(NC(=O)COC(=O)COc2cccc(Br)c2)c1. The molecule has 0 aliphatic heterocycles. The molecule has 0 aliphatic carbocycles. The van der Waals surface area contributed by atoms with Crippen molar-refractivity contribution < 1.29 is 19.1 Å². The summed E-state index contributed by atoms with van der Waals surface area (Å²) in [6.45, 7) is -0.731. The van der Waals surface area contributed by atoms with Crippen molar-refractivity contribution in [2.75, 3.05) is 18.5 Å². The summed E-state index contributed by atoms with van der Waals surface area (Å²) >= 11 is 3.29. The van der Waals surface area contributed by atoms with Crippen LogP contribution in [0.1, 0.15) is 5.56 Å². The molecule has 0 bridgehead atoms. The normalized spacial score (nSPS) is 9.67. The Morgan fingerprint density at radius 2 is 1.92 bits per heavy atom. The number of rotatable bonds is 6. The van der Waals surface area contributed by atoms with Crippen LogP contribution in [0.4, 0.5) is 5.69 Å². The monoisotopic (exact) mass is 388 g/mol. The van der Waals surface area contributed by atoms with E-state index in [0.717, 1.165) is 4.47 Å². The van der Waals surface area contributed by atoms with Crippen molar-refractivity contribution in [3.63, 3.8) is 0 Å². The molecule has 0 fully saturated rings. The molecule has 0 saturated carbocycles. The number of nitrogens with one attached hydrogen (secondary N) is 1. The minimum absolute atomic E-state index is 0.298. The van der Waals surface area contributed by atoms with Gasteiger partial charge in [0.2, 0.25) is 0 Å². The van der Waals surface area contributed by atoms with Crippen LogP contribution in [0.3, 0.4) is 0 Å². The Hall–Kier alpha value is -2.85. The van der Waals surface area contributed by atoms with E-state index < -0.39 is 18.5 Å². The van der Waals surface area contributed by atoms with E-state index in [2.05, 4.69) is 21.2 Å². The molecule has 1 amide bonds. The van der Waals surface area contributed by atoms with E-state index in [4.69, 9.17) is 14.7 Å². The van der Waals surface area contributed by atoms with Crippen molar-refractivity contribution in [1.82, 2.24) is 0 Å². The zero-order chi connectivity index (χ0) is 17.4. The van der Waals surface area contributed by atoms with Gasteiger partial charge in [-0.1, -0.05) is 28.1 Å². The quantitative estimate of drug-likeness (QED) is 0.768. The van der Waals surface area contributed by atoms with Gasteiger partial charge in [-0.15, -0.1) is 0 Å².